The van der Waals surface area contributed by atoms with Gasteiger partial charge in [-0.1, -0.05) is 0 Å². The van der Waals surface area contributed by atoms with E-state index in [-0.39, 0.29) is 18.6 Å². The number of rotatable bonds is 5. The lowest BCUT2D eigenvalue weighted by Crippen LogP contribution is -2.27. The molecule has 0 saturated heterocycles. The zero-order valence-corrected chi connectivity index (χ0v) is 9.73. The number of anilines is 1. The van der Waals surface area contributed by atoms with Crippen LogP contribution in [0.4, 0.5) is 5.69 Å². The van der Waals surface area contributed by atoms with Crippen molar-refractivity contribution < 1.29 is 9.90 Å². The molecule has 0 aliphatic heterocycles. The zero-order valence-electron chi connectivity index (χ0n) is 9.73. The van der Waals surface area contributed by atoms with Crippen LogP contribution in [0.2, 0.25) is 0 Å². The molecule has 4 N–H and O–H groups in total. The van der Waals surface area contributed by atoms with Crippen LogP contribution in [-0.4, -0.2) is 28.7 Å². The topological polar surface area (TPSA) is 80.3 Å². The maximum Gasteiger partial charge on any atom is 0.267 e. The van der Waals surface area contributed by atoms with E-state index in [2.05, 4.69) is 5.32 Å². The summed E-state index contributed by atoms with van der Waals surface area (Å²) in [6.45, 7) is 4.53. The van der Waals surface area contributed by atoms with Crippen LogP contribution < -0.4 is 11.1 Å². The zero-order chi connectivity index (χ0) is 12.1. The van der Waals surface area contributed by atoms with Crippen molar-refractivity contribution in [3.63, 3.8) is 0 Å². The van der Waals surface area contributed by atoms with Crippen molar-refractivity contribution in [2.24, 2.45) is 0 Å². The number of aromatic nitrogens is 1. The van der Waals surface area contributed by atoms with Crippen LogP contribution in [0.3, 0.4) is 0 Å². The number of aliphatic hydroxyl groups excluding tert-OH is 1. The number of nitrogen functional groups attached to an aromatic ring is 1. The van der Waals surface area contributed by atoms with Crippen LogP contribution in [0.15, 0.2) is 12.3 Å². The van der Waals surface area contributed by atoms with Crippen molar-refractivity contribution in [1.29, 1.82) is 0 Å². The molecule has 90 valence electrons. The van der Waals surface area contributed by atoms with Crippen LogP contribution in [0.1, 0.15) is 36.8 Å². The first-order valence-corrected chi connectivity index (χ1v) is 5.42. The van der Waals surface area contributed by atoms with Crippen LogP contribution in [-0.2, 0) is 0 Å². The minimum atomic E-state index is -0.154. The van der Waals surface area contributed by atoms with Gasteiger partial charge in [-0.05, 0) is 26.3 Å². The molecule has 0 fully saturated rings. The molecule has 5 heteroatoms. The second-order valence-corrected chi connectivity index (χ2v) is 3.99. The highest BCUT2D eigenvalue weighted by Crippen LogP contribution is 2.16. The standard InChI is InChI=1S/C11H19N3O2/c1-8(2)14-7-9(12)6-10(14)11(16)13-4-3-5-15/h6-8,15H,3-5,12H2,1-2H3,(H,13,16). The van der Waals surface area contributed by atoms with Crippen molar-refractivity contribution in [1.82, 2.24) is 9.88 Å². The lowest BCUT2D eigenvalue weighted by molar-refractivity contribution is 0.0940. The molecule has 0 bridgehead atoms. The van der Waals surface area contributed by atoms with E-state index in [1.165, 1.54) is 0 Å². The summed E-state index contributed by atoms with van der Waals surface area (Å²) in [7, 11) is 0. The van der Waals surface area contributed by atoms with Gasteiger partial charge in [0.1, 0.15) is 5.69 Å². The van der Waals surface area contributed by atoms with Crippen molar-refractivity contribution in [3.05, 3.63) is 18.0 Å². The summed E-state index contributed by atoms with van der Waals surface area (Å²) < 4.78 is 1.84. The second kappa shape index (κ2) is 5.55. The lowest BCUT2D eigenvalue weighted by atomic mass is 10.3. The van der Waals surface area contributed by atoms with Gasteiger partial charge >= 0.3 is 0 Å². The van der Waals surface area contributed by atoms with Gasteiger partial charge in [0.05, 0.1) is 5.69 Å². The number of carbonyl (C=O) groups excluding carboxylic acids is 1. The molecule has 0 aliphatic rings. The van der Waals surface area contributed by atoms with Crippen LogP contribution >= 0.6 is 0 Å². The first-order valence-electron chi connectivity index (χ1n) is 5.42. The Morgan fingerprint density at radius 1 is 1.62 bits per heavy atom. The summed E-state index contributed by atoms with van der Waals surface area (Å²) in [4.78, 5) is 11.8. The van der Waals surface area contributed by atoms with Gasteiger partial charge in [0, 0.05) is 25.4 Å². The predicted molar refractivity (Wildman–Crippen MR) is 63.3 cm³/mol. The maximum atomic E-state index is 11.8. The molecule has 16 heavy (non-hydrogen) atoms. The van der Waals surface area contributed by atoms with Gasteiger partial charge in [-0.2, -0.15) is 0 Å². The monoisotopic (exact) mass is 225 g/mol. The fraction of sp³-hybridized carbons (Fsp3) is 0.545. The molecule has 0 radical (unpaired) electrons. The van der Waals surface area contributed by atoms with Crippen molar-refractivity contribution in [3.8, 4) is 0 Å². The summed E-state index contributed by atoms with van der Waals surface area (Å²) >= 11 is 0. The third-order valence-electron chi connectivity index (χ3n) is 2.28. The molecule has 0 saturated carbocycles. The largest absolute Gasteiger partial charge is 0.397 e. The third-order valence-corrected chi connectivity index (χ3v) is 2.28. The van der Waals surface area contributed by atoms with E-state index in [4.69, 9.17) is 10.8 Å². The SMILES string of the molecule is CC(C)n1cc(N)cc1C(=O)NCCCO. The Morgan fingerprint density at radius 3 is 2.88 bits per heavy atom. The van der Waals surface area contributed by atoms with Crippen LogP contribution in [0.5, 0.6) is 0 Å². The summed E-state index contributed by atoms with van der Waals surface area (Å²) in [5.41, 5.74) is 6.81. The van der Waals surface area contributed by atoms with E-state index in [1.54, 1.807) is 12.3 Å². The minimum absolute atomic E-state index is 0.0770. The fourth-order valence-corrected chi connectivity index (χ4v) is 1.48. The minimum Gasteiger partial charge on any atom is -0.397 e. The molecular formula is C11H19N3O2. The van der Waals surface area contributed by atoms with E-state index >= 15 is 0 Å². The third kappa shape index (κ3) is 3.00. The summed E-state index contributed by atoms with van der Waals surface area (Å²) in [6, 6.07) is 1.85. The van der Waals surface area contributed by atoms with E-state index in [0.717, 1.165) is 0 Å². The normalized spacial score (nSPS) is 10.8. The van der Waals surface area contributed by atoms with Crippen molar-refractivity contribution in [2.75, 3.05) is 18.9 Å². The van der Waals surface area contributed by atoms with Gasteiger partial charge in [-0.15, -0.1) is 0 Å². The number of nitrogens with two attached hydrogens (primary N) is 1. The number of aliphatic hydroxyl groups is 1. The van der Waals surface area contributed by atoms with Gasteiger partial charge in [0.15, 0.2) is 0 Å². The van der Waals surface area contributed by atoms with Crippen LogP contribution in [0, 0.1) is 0 Å². The van der Waals surface area contributed by atoms with Crippen molar-refractivity contribution >= 4 is 11.6 Å². The molecule has 0 unspecified atom stereocenters. The molecule has 1 rings (SSSR count). The van der Waals surface area contributed by atoms with Crippen molar-refractivity contribution in [2.45, 2.75) is 26.3 Å². The number of carbonyl (C=O) groups is 1. The number of nitrogens with zero attached hydrogens (tertiary/aromatic N) is 1. The summed E-state index contributed by atoms with van der Waals surface area (Å²) in [5.74, 6) is -0.154. The van der Waals surface area contributed by atoms with Gasteiger partial charge < -0.3 is 20.7 Å². The van der Waals surface area contributed by atoms with Gasteiger partial charge in [-0.25, -0.2) is 0 Å². The smallest absolute Gasteiger partial charge is 0.267 e. The van der Waals surface area contributed by atoms with Gasteiger partial charge in [0.2, 0.25) is 0 Å². The molecule has 1 aromatic heterocycles. The fourth-order valence-electron chi connectivity index (χ4n) is 1.48. The van der Waals surface area contributed by atoms with E-state index in [1.807, 2.05) is 18.4 Å². The highest BCUT2D eigenvalue weighted by atomic mass is 16.3. The Kier molecular flexibility index (Phi) is 4.37. The molecule has 0 atom stereocenters. The summed E-state index contributed by atoms with van der Waals surface area (Å²) in [5, 5.41) is 11.4. The molecule has 0 aromatic carbocycles. The predicted octanol–water partition coefficient (Wildman–Crippen LogP) is 0.763. The molecule has 0 spiro atoms. The molecule has 1 aromatic rings. The molecule has 1 heterocycles. The average Bonchev–Trinajstić information content (AvgIpc) is 2.61. The highest BCUT2D eigenvalue weighted by Gasteiger charge is 2.13. The molecule has 5 nitrogen and oxygen atoms in total. The number of amides is 1. The number of nitrogens with one attached hydrogen (secondary N) is 1. The maximum absolute atomic E-state index is 11.8. The van der Waals surface area contributed by atoms with Gasteiger partial charge in [0.25, 0.3) is 5.91 Å². The summed E-state index contributed by atoms with van der Waals surface area (Å²) in [6.07, 6.45) is 2.31. The Labute approximate surface area is 95.3 Å². The van der Waals surface area contributed by atoms with Gasteiger partial charge in [-0.3, -0.25) is 4.79 Å². The lowest BCUT2D eigenvalue weighted by Gasteiger charge is -2.12. The molecule has 0 aliphatic carbocycles. The van der Waals surface area contributed by atoms with Crippen LogP contribution in [0.25, 0.3) is 0 Å². The Balaban J connectivity index is 2.74. The second-order valence-electron chi connectivity index (χ2n) is 3.99. The molecular weight excluding hydrogens is 206 g/mol. The quantitative estimate of drug-likeness (QED) is 0.647. The first kappa shape index (κ1) is 12.6. The first-order chi connectivity index (χ1) is 7.56. The Bertz CT molecular complexity index is 358. The number of hydrogen-bond donors (Lipinski definition) is 3. The Morgan fingerprint density at radius 2 is 2.31 bits per heavy atom. The van der Waals surface area contributed by atoms with E-state index < -0.39 is 0 Å². The highest BCUT2D eigenvalue weighted by molar-refractivity contribution is 5.93. The number of hydrogen-bond acceptors (Lipinski definition) is 3. The van der Waals surface area contributed by atoms with E-state index in [0.29, 0.717) is 24.3 Å². The average molecular weight is 225 g/mol. The van der Waals surface area contributed by atoms with E-state index in [9.17, 15) is 4.79 Å². The molecule has 1 amide bonds. The Hall–Kier alpha value is -1.49.